The molecule has 39 heavy (non-hydrogen) atoms. The number of carbonyl (C=O) groups is 1. The monoisotopic (exact) mass is 552 g/mol. The highest BCUT2D eigenvalue weighted by molar-refractivity contribution is 6.30. The predicted octanol–water partition coefficient (Wildman–Crippen LogP) is 4.77. The Balaban J connectivity index is 1.19. The molecule has 9 nitrogen and oxygen atoms in total. The molecule has 1 amide bonds. The first-order valence-corrected chi connectivity index (χ1v) is 12.7. The van der Waals surface area contributed by atoms with Gasteiger partial charge in [-0.1, -0.05) is 17.7 Å². The molecule has 4 heterocycles. The van der Waals surface area contributed by atoms with E-state index in [4.69, 9.17) is 21.1 Å². The Morgan fingerprint density at radius 1 is 1.05 bits per heavy atom. The summed E-state index contributed by atoms with van der Waals surface area (Å²) in [6, 6.07) is 10.9. The lowest BCUT2D eigenvalue weighted by atomic mass is 10.1. The summed E-state index contributed by atoms with van der Waals surface area (Å²) >= 11 is 5.99. The number of amides is 1. The molecule has 1 aliphatic rings. The molecule has 0 aliphatic carbocycles. The standard InChI is InChI=1S/C27H23ClF2N6O3/c28-18-9-17(10-19(29)12-18)16-1-2-21-22(11-16)33-27(32-21)34-26(37)23-15-36-14-20(30)13-24(25(36)31-23)39-8-5-35-3-6-38-7-4-35/h1-2,9-15H,3-8H2,(H2,32,33,34,37). The molecule has 2 N–H and O–H groups in total. The molecule has 1 aliphatic heterocycles. The third kappa shape index (κ3) is 5.56. The molecule has 0 radical (unpaired) electrons. The zero-order valence-corrected chi connectivity index (χ0v) is 21.3. The van der Waals surface area contributed by atoms with E-state index in [1.165, 1.54) is 35.0 Å². The number of halogens is 3. The predicted molar refractivity (Wildman–Crippen MR) is 142 cm³/mol. The van der Waals surface area contributed by atoms with Gasteiger partial charge in [0.2, 0.25) is 5.95 Å². The minimum atomic E-state index is -0.533. The normalized spacial score (nSPS) is 14.2. The topological polar surface area (TPSA) is 96.8 Å². The van der Waals surface area contributed by atoms with Crippen LogP contribution in [0.3, 0.4) is 0 Å². The number of aromatic amines is 1. The molecule has 2 aromatic carbocycles. The SMILES string of the molecule is O=C(Nc1nc2ccc(-c3cc(F)cc(Cl)c3)cc2[nH]1)c1cn2cc(F)cc(OCCN3CCOCC3)c2n1. The van der Waals surface area contributed by atoms with E-state index in [0.29, 0.717) is 53.6 Å². The lowest BCUT2D eigenvalue weighted by Gasteiger charge is -2.26. The van der Waals surface area contributed by atoms with Crippen LogP contribution in [0.4, 0.5) is 14.7 Å². The van der Waals surface area contributed by atoms with Crippen molar-refractivity contribution in [1.29, 1.82) is 0 Å². The Bertz CT molecular complexity index is 1660. The first-order chi connectivity index (χ1) is 18.9. The van der Waals surface area contributed by atoms with E-state index in [-0.39, 0.29) is 17.4 Å². The fourth-order valence-electron chi connectivity index (χ4n) is 4.50. The van der Waals surface area contributed by atoms with Crippen LogP contribution in [0.1, 0.15) is 10.5 Å². The van der Waals surface area contributed by atoms with Crippen molar-refractivity contribution < 1.29 is 23.0 Å². The summed E-state index contributed by atoms with van der Waals surface area (Å²) < 4.78 is 40.7. The summed E-state index contributed by atoms with van der Waals surface area (Å²) in [6.07, 6.45) is 2.66. The Labute approximate surface area is 226 Å². The lowest BCUT2D eigenvalue weighted by molar-refractivity contribution is 0.0323. The third-order valence-electron chi connectivity index (χ3n) is 6.40. The fraction of sp³-hybridized carbons (Fsp3) is 0.222. The highest BCUT2D eigenvalue weighted by atomic mass is 35.5. The average Bonchev–Trinajstić information content (AvgIpc) is 3.52. The van der Waals surface area contributed by atoms with Crippen molar-refractivity contribution in [2.45, 2.75) is 0 Å². The van der Waals surface area contributed by atoms with Crippen molar-refractivity contribution in [3.63, 3.8) is 0 Å². The molecule has 1 fully saturated rings. The van der Waals surface area contributed by atoms with Gasteiger partial charge in [-0.15, -0.1) is 0 Å². The number of hydrogen-bond donors (Lipinski definition) is 2. The van der Waals surface area contributed by atoms with Crippen LogP contribution in [0.15, 0.2) is 54.9 Å². The maximum atomic E-state index is 14.3. The number of rotatable bonds is 7. The third-order valence-corrected chi connectivity index (χ3v) is 6.61. The van der Waals surface area contributed by atoms with Gasteiger partial charge < -0.3 is 18.9 Å². The van der Waals surface area contributed by atoms with E-state index in [1.807, 2.05) is 0 Å². The van der Waals surface area contributed by atoms with Gasteiger partial charge in [0.1, 0.15) is 23.9 Å². The largest absolute Gasteiger partial charge is 0.488 e. The maximum absolute atomic E-state index is 14.3. The summed E-state index contributed by atoms with van der Waals surface area (Å²) in [6.45, 7) is 4.00. The first-order valence-electron chi connectivity index (χ1n) is 12.3. The number of aromatic nitrogens is 4. The van der Waals surface area contributed by atoms with Gasteiger partial charge in [0.05, 0.1) is 24.2 Å². The number of ether oxygens (including phenoxy) is 2. The molecule has 0 atom stereocenters. The quantitative estimate of drug-likeness (QED) is 0.302. The van der Waals surface area contributed by atoms with Gasteiger partial charge in [-0.3, -0.25) is 15.0 Å². The van der Waals surface area contributed by atoms with Gasteiger partial charge in [0.25, 0.3) is 5.91 Å². The van der Waals surface area contributed by atoms with Crippen LogP contribution in [-0.2, 0) is 4.74 Å². The number of carbonyl (C=O) groups excluding carboxylic acids is 1. The summed E-state index contributed by atoms with van der Waals surface area (Å²) in [4.78, 5) is 27.0. The average molecular weight is 553 g/mol. The number of nitrogens with zero attached hydrogens (tertiary/aromatic N) is 4. The van der Waals surface area contributed by atoms with Gasteiger partial charge >= 0.3 is 0 Å². The smallest absolute Gasteiger partial charge is 0.278 e. The van der Waals surface area contributed by atoms with Crippen LogP contribution in [0.5, 0.6) is 5.75 Å². The fourth-order valence-corrected chi connectivity index (χ4v) is 4.72. The summed E-state index contributed by atoms with van der Waals surface area (Å²) in [5.74, 6) is -1.03. The number of anilines is 1. The van der Waals surface area contributed by atoms with Crippen LogP contribution >= 0.6 is 11.6 Å². The first kappa shape index (κ1) is 25.2. The van der Waals surface area contributed by atoms with Gasteiger partial charge in [-0.25, -0.2) is 18.7 Å². The zero-order valence-electron chi connectivity index (χ0n) is 20.6. The van der Waals surface area contributed by atoms with E-state index >= 15 is 0 Å². The van der Waals surface area contributed by atoms with Gasteiger partial charge in [-0.2, -0.15) is 0 Å². The highest BCUT2D eigenvalue weighted by Gasteiger charge is 2.18. The lowest BCUT2D eigenvalue weighted by Crippen LogP contribution is -2.38. The molecule has 1 saturated heterocycles. The van der Waals surface area contributed by atoms with Crippen LogP contribution in [0.2, 0.25) is 5.02 Å². The van der Waals surface area contributed by atoms with E-state index in [0.717, 1.165) is 18.7 Å². The molecule has 0 spiro atoms. The molecular formula is C27H23ClF2N6O3. The number of morpholine rings is 1. The number of hydrogen-bond acceptors (Lipinski definition) is 6. The van der Waals surface area contributed by atoms with Crippen LogP contribution < -0.4 is 10.1 Å². The van der Waals surface area contributed by atoms with Crippen LogP contribution in [0, 0.1) is 11.6 Å². The van der Waals surface area contributed by atoms with Gasteiger partial charge in [-0.05, 0) is 41.5 Å². The number of benzene rings is 2. The Kier molecular flexibility index (Phi) is 6.86. The number of fused-ring (bicyclic) bond motifs is 2. The van der Waals surface area contributed by atoms with Gasteiger partial charge in [0, 0.05) is 43.1 Å². The summed E-state index contributed by atoms with van der Waals surface area (Å²) in [5.41, 5.74) is 2.97. The minimum absolute atomic E-state index is 0.0641. The number of H-pyrrole nitrogens is 1. The van der Waals surface area contributed by atoms with Crippen molar-refractivity contribution in [1.82, 2.24) is 24.3 Å². The molecule has 12 heteroatoms. The molecule has 200 valence electrons. The zero-order chi connectivity index (χ0) is 26.9. The highest BCUT2D eigenvalue weighted by Crippen LogP contribution is 2.28. The molecule has 0 unspecified atom stereocenters. The second-order valence-corrected chi connectivity index (χ2v) is 9.55. The summed E-state index contributed by atoms with van der Waals surface area (Å²) in [7, 11) is 0. The maximum Gasteiger partial charge on any atom is 0.278 e. The molecule has 5 aromatic rings. The summed E-state index contributed by atoms with van der Waals surface area (Å²) in [5, 5.41) is 2.98. The van der Waals surface area contributed by atoms with E-state index in [9.17, 15) is 13.6 Å². The van der Waals surface area contributed by atoms with Crippen molar-refractivity contribution in [2.75, 3.05) is 44.8 Å². The van der Waals surface area contributed by atoms with Crippen molar-refractivity contribution in [3.8, 4) is 16.9 Å². The van der Waals surface area contributed by atoms with Crippen LogP contribution in [0.25, 0.3) is 27.8 Å². The van der Waals surface area contributed by atoms with Crippen molar-refractivity contribution in [3.05, 3.63) is 77.2 Å². The molecule has 3 aromatic heterocycles. The molecule has 6 rings (SSSR count). The minimum Gasteiger partial charge on any atom is -0.488 e. The van der Waals surface area contributed by atoms with E-state index in [2.05, 4.69) is 25.2 Å². The van der Waals surface area contributed by atoms with Gasteiger partial charge in [0.15, 0.2) is 11.4 Å². The molecular weight excluding hydrogens is 530 g/mol. The Morgan fingerprint density at radius 2 is 1.90 bits per heavy atom. The van der Waals surface area contributed by atoms with E-state index < -0.39 is 17.5 Å². The Morgan fingerprint density at radius 3 is 2.72 bits per heavy atom. The number of pyridine rings is 1. The van der Waals surface area contributed by atoms with Crippen LogP contribution in [-0.4, -0.2) is 69.6 Å². The Hall–Kier alpha value is -4.06. The second-order valence-electron chi connectivity index (χ2n) is 9.11. The van der Waals surface area contributed by atoms with Crippen molar-refractivity contribution >= 4 is 40.1 Å². The number of nitrogens with one attached hydrogen (secondary N) is 2. The van der Waals surface area contributed by atoms with E-state index in [1.54, 1.807) is 24.3 Å². The van der Waals surface area contributed by atoms with Crippen molar-refractivity contribution in [2.24, 2.45) is 0 Å². The molecule has 0 saturated carbocycles. The second kappa shape index (κ2) is 10.6. The molecule has 0 bridgehead atoms. The number of imidazole rings is 2.